The zero-order chi connectivity index (χ0) is 15.0. The van der Waals surface area contributed by atoms with Crippen molar-refractivity contribution in [2.24, 2.45) is 4.99 Å². The van der Waals surface area contributed by atoms with Crippen LogP contribution in [0.2, 0.25) is 0 Å². The van der Waals surface area contributed by atoms with E-state index in [2.05, 4.69) is 65.6 Å². The van der Waals surface area contributed by atoms with Gasteiger partial charge in [-0.2, -0.15) is 0 Å². The molecule has 0 spiro atoms. The molecule has 1 rings (SSSR count). The van der Waals surface area contributed by atoms with Crippen molar-refractivity contribution < 1.29 is 0 Å². The minimum absolute atomic E-state index is 0.434. The van der Waals surface area contributed by atoms with Crippen LogP contribution in [0.1, 0.15) is 32.8 Å². The summed E-state index contributed by atoms with van der Waals surface area (Å²) in [6, 6.07) is 8.95. The van der Waals surface area contributed by atoms with Gasteiger partial charge >= 0.3 is 0 Å². The fourth-order valence-electron chi connectivity index (χ4n) is 1.73. The highest BCUT2D eigenvalue weighted by atomic mass is 15.2. The van der Waals surface area contributed by atoms with E-state index in [4.69, 9.17) is 0 Å². The number of hydrogen-bond donors (Lipinski definition) is 2. The first-order chi connectivity index (χ1) is 9.56. The number of aliphatic imine (C=N–C) groups is 1. The summed E-state index contributed by atoms with van der Waals surface area (Å²) in [6.07, 6.45) is 1.09. The molecule has 0 aliphatic heterocycles. The van der Waals surface area contributed by atoms with Gasteiger partial charge in [-0.25, -0.2) is 4.99 Å². The van der Waals surface area contributed by atoms with Crippen LogP contribution in [-0.2, 0) is 6.54 Å². The third-order valence-corrected chi connectivity index (χ3v) is 3.21. The van der Waals surface area contributed by atoms with Crippen LogP contribution in [0.5, 0.6) is 0 Å². The van der Waals surface area contributed by atoms with Crippen molar-refractivity contribution in [2.45, 2.75) is 39.8 Å². The molecule has 0 saturated carbocycles. The third kappa shape index (κ3) is 5.51. The van der Waals surface area contributed by atoms with Gasteiger partial charge in [0, 0.05) is 32.4 Å². The normalized spacial score (nSPS) is 12.9. The Bertz CT molecular complexity index is 409. The summed E-state index contributed by atoms with van der Waals surface area (Å²) in [5, 5.41) is 6.68. The lowest BCUT2D eigenvalue weighted by Gasteiger charge is -2.16. The maximum atomic E-state index is 4.63. The Hall–Kier alpha value is -1.71. The number of guanidine groups is 1. The highest BCUT2D eigenvalue weighted by Gasteiger charge is 2.02. The third-order valence-electron chi connectivity index (χ3n) is 3.21. The number of rotatable bonds is 6. The van der Waals surface area contributed by atoms with E-state index in [-0.39, 0.29) is 0 Å². The molecule has 0 fully saturated rings. The summed E-state index contributed by atoms with van der Waals surface area (Å²) in [6.45, 7) is 7.99. The Labute approximate surface area is 123 Å². The van der Waals surface area contributed by atoms with E-state index < -0.39 is 0 Å². The van der Waals surface area contributed by atoms with Gasteiger partial charge in [0.1, 0.15) is 0 Å². The van der Waals surface area contributed by atoms with Crippen LogP contribution in [0, 0.1) is 0 Å². The molecule has 1 aromatic carbocycles. The Kier molecular flexibility index (Phi) is 6.91. The molecule has 4 heteroatoms. The average molecular weight is 276 g/mol. The Balaban J connectivity index is 2.66. The lowest BCUT2D eigenvalue weighted by atomic mass is 10.2. The smallest absolute Gasteiger partial charge is 0.191 e. The van der Waals surface area contributed by atoms with Gasteiger partial charge in [-0.3, -0.25) is 0 Å². The predicted molar refractivity (Wildman–Crippen MR) is 88.5 cm³/mol. The quantitative estimate of drug-likeness (QED) is 0.620. The maximum absolute atomic E-state index is 4.63. The molecular formula is C16H28N4. The highest BCUT2D eigenvalue weighted by Crippen LogP contribution is 2.12. The monoisotopic (exact) mass is 276 g/mol. The number of hydrogen-bond acceptors (Lipinski definition) is 2. The molecule has 20 heavy (non-hydrogen) atoms. The highest BCUT2D eigenvalue weighted by molar-refractivity contribution is 5.80. The second-order valence-corrected chi connectivity index (χ2v) is 5.21. The SMILES string of the molecule is CCNC(=NCc1ccc(N(C)C)cc1)NC(C)CC. The zero-order valence-electron chi connectivity index (χ0n) is 13.4. The molecule has 0 aromatic heterocycles. The second-order valence-electron chi connectivity index (χ2n) is 5.21. The Morgan fingerprint density at radius 2 is 1.85 bits per heavy atom. The van der Waals surface area contributed by atoms with Crippen molar-refractivity contribution in [1.29, 1.82) is 0 Å². The summed E-state index contributed by atoms with van der Waals surface area (Å²) in [4.78, 5) is 6.73. The van der Waals surface area contributed by atoms with Crippen LogP contribution < -0.4 is 15.5 Å². The van der Waals surface area contributed by atoms with Gasteiger partial charge in [-0.1, -0.05) is 19.1 Å². The minimum atomic E-state index is 0.434. The van der Waals surface area contributed by atoms with Gasteiger partial charge in [0.15, 0.2) is 5.96 Å². The van der Waals surface area contributed by atoms with Crippen LogP contribution in [-0.4, -0.2) is 32.6 Å². The van der Waals surface area contributed by atoms with E-state index in [9.17, 15) is 0 Å². The van der Waals surface area contributed by atoms with Crippen LogP contribution >= 0.6 is 0 Å². The van der Waals surface area contributed by atoms with Crippen molar-refractivity contribution in [1.82, 2.24) is 10.6 Å². The molecule has 1 aromatic rings. The minimum Gasteiger partial charge on any atom is -0.378 e. The zero-order valence-corrected chi connectivity index (χ0v) is 13.4. The van der Waals surface area contributed by atoms with Crippen LogP contribution in [0.25, 0.3) is 0 Å². The molecule has 0 amide bonds. The first-order valence-corrected chi connectivity index (χ1v) is 7.37. The molecule has 0 aliphatic rings. The number of benzene rings is 1. The topological polar surface area (TPSA) is 39.7 Å². The van der Waals surface area contributed by atoms with E-state index in [1.165, 1.54) is 11.3 Å². The van der Waals surface area contributed by atoms with Gasteiger partial charge < -0.3 is 15.5 Å². The molecule has 4 nitrogen and oxygen atoms in total. The van der Waals surface area contributed by atoms with E-state index in [1.54, 1.807) is 0 Å². The predicted octanol–water partition coefficient (Wildman–Crippen LogP) is 2.61. The molecule has 0 saturated heterocycles. The molecule has 0 heterocycles. The Morgan fingerprint density at radius 1 is 1.20 bits per heavy atom. The number of anilines is 1. The van der Waals surface area contributed by atoms with E-state index >= 15 is 0 Å². The number of nitrogens with one attached hydrogen (secondary N) is 2. The van der Waals surface area contributed by atoms with Crippen LogP contribution in [0.15, 0.2) is 29.3 Å². The standard InChI is InChI=1S/C16H28N4/c1-6-13(3)19-16(17-7-2)18-12-14-8-10-15(11-9-14)20(4)5/h8-11,13H,6-7,12H2,1-5H3,(H2,17,18,19). The molecule has 2 N–H and O–H groups in total. The van der Waals surface area contributed by atoms with E-state index in [1.807, 2.05) is 14.1 Å². The summed E-state index contributed by atoms with van der Waals surface area (Å²) in [5.74, 6) is 0.888. The average Bonchev–Trinajstić information content (AvgIpc) is 2.45. The van der Waals surface area contributed by atoms with Crippen molar-refractivity contribution >= 4 is 11.6 Å². The van der Waals surface area contributed by atoms with E-state index in [0.717, 1.165) is 18.9 Å². The van der Waals surface area contributed by atoms with Gasteiger partial charge in [0.05, 0.1) is 6.54 Å². The first kappa shape index (κ1) is 16.3. The van der Waals surface area contributed by atoms with Crippen molar-refractivity contribution in [2.75, 3.05) is 25.5 Å². The van der Waals surface area contributed by atoms with Gasteiger partial charge in [0.25, 0.3) is 0 Å². The molecule has 112 valence electrons. The lowest BCUT2D eigenvalue weighted by molar-refractivity contribution is 0.624. The van der Waals surface area contributed by atoms with Gasteiger partial charge in [-0.05, 0) is 38.0 Å². The number of nitrogens with zero attached hydrogens (tertiary/aromatic N) is 2. The second kappa shape index (κ2) is 8.46. The fourth-order valence-corrected chi connectivity index (χ4v) is 1.73. The molecule has 0 aliphatic carbocycles. The molecule has 0 radical (unpaired) electrons. The van der Waals surface area contributed by atoms with Crippen molar-refractivity contribution in [3.63, 3.8) is 0 Å². The largest absolute Gasteiger partial charge is 0.378 e. The molecule has 0 bridgehead atoms. The molecular weight excluding hydrogens is 248 g/mol. The van der Waals surface area contributed by atoms with Crippen LogP contribution in [0.3, 0.4) is 0 Å². The summed E-state index contributed by atoms with van der Waals surface area (Å²) in [5.41, 5.74) is 2.43. The molecule has 1 unspecified atom stereocenters. The van der Waals surface area contributed by atoms with Crippen molar-refractivity contribution in [3.8, 4) is 0 Å². The summed E-state index contributed by atoms with van der Waals surface area (Å²) in [7, 11) is 4.10. The lowest BCUT2D eigenvalue weighted by Crippen LogP contribution is -2.41. The van der Waals surface area contributed by atoms with E-state index in [0.29, 0.717) is 12.6 Å². The van der Waals surface area contributed by atoms with Crippen molar-refractivity contribution in [3.05, 3.63) is 29.8 Å². The summed E-state index contributed by atoms with van der Waals surface area (Å²) < 4.78 is 0. The maximum Gasteiger partial charge on any atom is 0.191 e. The van der Waals surface area contributed by atoms with Gasteiger partial charge in [-0.15, -0.1) is 0 Å². The first-order valence-electron chi connectivity index (χ1n) is 7.37. The summed E-state index contributed by atoms with van der Waals surface area (Å²) >= 11 is 0. The molecule has 1 atom stereocenters. The van der Waals surface area contributed by atoms with Gasteiger partial charge in [0.2, 0.25) is 0 Å². The van der Waals surface area contributed by atoms with Crippen LogP contribution in [0.4, 0.5) is 5.69 Å². The Morgan fingerprint density at radius 3 is 2.35 bits per heavy atom. The fraction of sp³-hybridized carbons (Fsp3) is 0.562.